The van der Waals surface area contributed by atoms with Crippen molar-refractivity contribution in [2.75, 3.05) is 58.3 Å². The number of nitrogens with zero attached hydrogens (tertiary/aromatic N) is 7. The normalized spacial score (nSPS) is 18.5. The summed E-state index contributed by atoms with van der Waals surface area (Å²) in [5.74, 6) is -0.302. The van der Waals surface area contributed by atoms with Gasteiger partial charge in [-0.15, -0.1) is 0 Å². The van der Waals surface area contributed by atoms with Gasteiger partial charge in [0.05, 0.1) is 43.1 Å². The Morgan fingerprint density at radius 2 is 1.74 bits per heavy atom. The van der Waals surface area contributed by atoms with E-state index in [1.807, 2.05) is 24.5 Å². The average Bonchev–Trinajstić information content (AvgIpc) is 3.32. The number of hydrogen-bond acceptors (Lipinski definition) is 7. The lowest BCUT2D eigenvalue weighted by Crippen LogP contribution is -2.52. The molecule has 6 rings (SSSR count). The first-order valence-corrected chi connectivity index (χ1v) is 12.2. The van der Waals surface area contributed by atoms with Crippen molar-refractivity contribution in [2.45, 2.75) is 18.9 Å². The van der Waals surface area contributed by atoms with E-state index in [1.165, 1.54) is 26.4 Å². The summed E-state index contributed by atoms with van der Waals surface area (Å²) in [6, 6.07) is 6.21. The number of methoxy groups -OCH3 is 1. The number of piperazine rings is 1. The molecule has 8 nitrogen and oxygen atoms in total. The van der Waals surface area contributed by atoms with Gasteiger partial charge in [-0.1, -0.05) is 12.1 Å². The third kappa shape index (κ3) is 3.98. The van der Waals surface area contributed by atoms with Gasteiger partial charge in [-0.05, 0) is 31.5 Å². The van der Waals surface area contributed by atoms with Crippen molar-refractivity contribution in [1.82, 2.24) is 29.4 Å². The minimum atomic E-state index is -0.424. The minimum Gasteiger partial charge on any atom is -0.492 e. The van der Waals surface area contributed by atoms with Crippen LogP contribution < -0.4 is 9.64 Å². The molecule has 0 N–H and O–H groups in total. The molecule has 2 aliphatic rings. The van der Waals surface area contributed by atoms with Crippen molar-refractivity contribution in [2.24, 2.45) is 0 Å². The zero-order valence-corrected chi connectivity index (χ0v) is 20.2. The highest BCUT2D eigenvalue weighted by Gasteiger charge is 2.27. The van der Waals surface area contributed by atoms with Gasteiger partial charge in [0.15, 0.2) is 17.2 Å². The van der Waals surface area contributed by atoms with Crippen molar-refractivity contribution >= 4 is 22.2 Å². The zero-order valence-electron chi connectivity index (χ0n) is 20.2. The van der Waals surface area contributed by atoms with Gasteiger partial charge in [-0.25, -0.2) is 13.9 Å². The third-order valence-electron chi connectivity index (χ3n) is 7.54. The van der Waals surface area contributed by atoms with Crippen molar-refractivity contribution in [3.05, 3.63) is 48.8 Å². The highest BCUT2D eigenvalue weighted by Crippen LogP contribution is 2.35. The Bertz CT molecular complexity index is 1360. The summed E-state index contributed by atoms with van der Waals surface area (Å²) < 4.78 is 22.1. The second-order valence-corrected chi connectivity index (χ2v) is 9.54. The second-order valence-electron chi connectivity index (χ2n) is 9.54. The summed E-state index contributed by atoms with van der Waals surface area (Å²) in [4.78, 5) is 16.6. The Morgan fingerprint density at radius 1 is 0.943 bits per heavy atom. The van der Waals surface area contributed by atoms with Crippen LogP contribution in [-0.2, 0) is 0 Å². The average molecular weight is 476 g/mol. The summed E-state index contributed by atoms with van der Waals surface area (Å²) in [6.07, 6.45) is 9.43. The van der Waals surface area contributed by atoms with E-state index < -0.39 is 5.82 Å². The lowest BCUT2D eigenvalue weighted by Gasteiger charge is -2.42. The summed E-state index contributed by atoms with van der Waals surface area (Å²) in [6.45, 7) is 6.68. The molecule has 0 atom stereocenters. The largest absolute Gasteiger partial charge is 0.492 e. The van der Waals surface area contributed by atoms with Crippen LogP contribution >= 0.6 is 0 Å². The van der Waals surface area contributed by atoms with E-state index in [9.17, 15) is 0 Å². The van der Waals surface area contributed by atoms with Gasteiger partial charge in [0, 0.05) is 56.3 Å². The van der Waals surface area contributed by atoms with Crippen molar-refractivity contribution < 1.29 is 9.13 Å². The smallest absolute Gasteiger partial charge is 0.176 e. The number of likely N-dealkylation sites (N-methyl/N-ethyl adjacent to an activating group) is 1. The van der Waals surface area contributed by atoms with Crippen LogP contribution in [-0.4, -0.2) is 88.8 Å². The van der Waals surface area contributed by atoms with Gasteiger partial charge in [0.2, 0.25) is 0 Å². The molecular formula is C26H30FN7O. The molecule has 2 saturated heterocycles. The summed E-state index contributed by atoms with van der Waals surface area (Å²) in [5, 5.41) is 4.98. The Balaban J connectivity index is 1.26. The molecule has 0 amide bonds. The number of fused-ring (bicyclic) bond motifs is 2. The molecule has 2 aliphatic heterocycles. The van der Waals surface area contributed by atoms with E-state index in [0.717, 1.165) is 50.3 Å². The molecule has 3 aromatic heterocycles. The molecule has 2 fully saturated rings. The molecule has 1 aromatic carbocycles. The van der Waals surface area contributed by atoms with Gasteiger partial charge in [0.25, 0.3) is 0 Å². The lowest BCUT2D eigenvalue weighted by atomic mass is 10.0. The number of anilines is 1. The maximum absolute atomic E-state index is 15.2. The molecule has 0 radical (unpaired) electrons. The molecule has 0 unspecified atom stereocenters. The fourth-order valence-electron chi connectivity index (χ4n) is 5.45. The number of piperidine rings is 1. The van der Waals surface area contributed by atoms with E-state index in [0.29, 0.717) is 28.2 Å². The summed E-state index contributed by atoms with van der Waals surface area (Å²) >= 11 is 0. The molecular weight excluding hydrogens is 445 g/mol. The van der Waals surface area contributed by atoms with E-state index >= 15 is 4.39 Å². The van der Waals surface area contributed by atoms with Gasteiger partial charge in [-0.2, -0.15) is 5.10 Å². The molecule has 9 heteroatoms. The number of hydrogen-bond donors (Lipinski definition) is 0. The maximum Gasteiger partial charge on any atom is 0.176 e. The van der Waals surface area contributed by atoms with E-state index in [2.05, 4.69) is 31.8 Å². The van der Waals surface area contributed by atoms with Crippen LogP contribution in [0.1, 0.15) is 12.8 Å². The van der Waals surface area contributed by atoms with Crippen molar-refractivity contribution in [3.63, 3.8) is 0 Å². The van der Waals surface area contributed by atoms with Crippen LogP contribution in [0.5, 0.6) is 5.75 Å². The molecule has 4 aromatic rings. The number of rotatable bonds is 4. The number of pyridine rings is 1. The highest BCUT2D eigenvalue weighted by molar-refractivity contribution is 5.98. The fraction of sp³-hybridized carbons (Fsp3) is 0.423. The van der Waals surface area contributed by atoms with Gasteiger partial charge in [-0.3, -0.25) is 9.88 Å². The highest BCUT2D eigenvalue weighted by atomic mass is 19.1. The Morgan fingerprint density at radius 3 is 2.51 bits per heavy atom. The van der Waals surface area contributed by atoms with Crippen LogP contribution in [0, 0.1) is 5.82 Å². The van der Waals surface area contributed by atoms with Crippen LogP contribution in [0.25, 0.3) is 27.7 Å². The third-order valence-corrected chi connectivity index (χ3v) is 7.54. The van der Waals surface area contributed by atoms with Crippen LogP contribution in [0.4, 0.5) is 10.1 Å². The van der Waals surface area contributed by atoms with Crippen molar-refractivity contribution in [1.29, 1.82) is 0 Å². The lowest BCUT2D eigenvalue weighted by molar-refractivity contribution is 0.0982. The van der Waals surface area contributed by atoms with Gasteiger partial charge >= 0.3 is 0 Å². The van der Waals surface area contributed by atoms with E-state index in [1.54, 1.807) is 16.8 Å². The van der Waals surface area contributed by atoms with Gasteiger partial charge in [0.1, 0.15) is 0 Å². The first-order valence-electron chi connectivity index (χ1n) is 12.2. The summed E-state index contributed by atoms with van der Waals surface area (Å²) in [7, 11) is 3.65. The standard InChI is InChI=1S/C26H30FN7O/c1-31-10-12-33(13-11-31)18-6-8-32(9-7-18)19-14-29-26-21(15-30-34(26)17-19)20-4-3-5-22-24(20)25(27)23(35-2)16-28-22/h3-5,14-18H,6-13H2,1-2H3. The summed E-state index contributed by atoms with van der Waals surface area (Å²) in [5.41, 5.74) is 3.80. The fourth-order valence-corrected chi connectivity index (χ4v) is 5.45. The zero-order chi connectivity index (χ0) is 23.9. The number of benzene rings is 1. The number of halogens is 1. The van der Waals surface area contributed by atoms with Crippen LogP contribution in [0.2, 0.25) is 0 Å². The Kier molecular flexibility index (Phi) is 5.74. The predicted octanol–water partition coefficient (Wildman–Crippen LogP) is 3.31. The minimum absolute atomic E-state index is 0.122. The first-order chi connectivity index (χ1) is 17.1. The number of aromatic nitrogens is 4. The maximum atomic E-state index is 15.2. The second kappa shape index (κ2) is 9.05. The SMILES string of the molecule is COc1cnc2cccc(-c3cnn4cc(N5CCC(N6CCN(C)CC6)CC5)cnc34)c2c1F. The molecule has 0 aliphatic carbocycles. The predicted molar refractivity (Wildman–Crippen MR) is 135 cm³/mol. The molecule has 5 heterocycles. The Hall–Kier alpha value is -3.30. The van der Waals surface area contributed by atoms with Crippen LogP contribution in [0.15, 0.2) is 43.0 Å². The Labute approximate surface area is 203 Å². The molecule has 35 heavy (non-hydrogen) atoms. The molecule has 0 bridgehead atoms. The van der Waals surface area contributed by atoms with Crippen molar-refractivity contribution in [3.8, 4) is 16.9 Å². The van der Waals surface area contributed by atoms with E-state index in [4.69, 9.17) is 9.72 Å². The molecule has 182 valence electrons. The first kappa shape index (κ1) is 22.2. The quantitative estimate of drug-likeness (QED) is 0.449. The molecule has 0 saturated carbocycles. The number of ether oxygens (including phenoxy) is 1. The van der Waals surface area contributed by atoms with Gasteiger partial charge < -0.3 is 14.5 Å². The monoisotopic (exact) mass is 475 g/mol. The topological polar surface area (TPSA) is 62.0 Å². The van der Waals surface area contributed by atoms with Crippen LogP contribution in [0.3, 0.4) is 0 Å². The van der Waals surface area contributed by atoms with E-state index in [-0.39, 0.29) is 5.75 Å². The molecule has 0 spiro atoms.